The summed E-state index contributed by atoms with van der Waals surface area (Å²) in [6.07, 6.45) is 1.83. The zero-order valence-electron chi connectivity index (χ0n) is 13.5. The maximum absolute atomic E-state index is 12.7. The van der Waals surface area contributed by atoms with E-state index < -0.39 is 12.7 Å². The molecule has 0 aliphatic carbocycles. The van der Waals surface area contributed by atoms with Gasteiger partial charge in [-0.2, -0.15) is 18.3 Å². The molecule has 1 atom stereocenters. The molecule has 6 nitrogen and oxygen atoms in total. The average Bonchev–Trinajstić information content (AvgIpc) is 3.08. The maximum atomic E-state index is 12.7. The van der Waals surface area contributed by atoms with E-state index in [1.54, 1.807) is 11.0 Å². The first-order chi connectivity index (χ1) is 11.4. The number of aromatic nitrogens is 3. The Kier molecular flexibility index (Phi) is 5.07. The molecule has 134 valence electrons. The largest absolute Gasteiger partial charge is 0.401 e. The van der Waals surface area contributed by atoms with Crippen LogP contribution in [-0.2, 0) is 4.79 Å². The summed E-state index contributed by atoms with van der Waals surface area (Å²) in [7, 11) is 0. The van der Waals surface area contributed by atoms with E-state index in [4.69, 9.17) is 0 Å². The third kappa shape index (κ3) is 4.25. The topological polar surface area (TPSA) is 54.3 Å². The Morgan fingerprint density at radius 1 is 1.17 bits per heavy atom. The minimum atomic E-state index is -4.17. The summed E-state index contributed by atoms with van der Waals surface area (Å²) < 4.78 is 39.1. The van der Waals surface area contributed by atoms with Crippen molar-refractivity contribution in [1.29, 1.82) is 0 Å². The van der Waals surface area contributed by atoms with Crippen LogP contribution in [-0.4, -0.2) is 69.4 Å². The Bertz CT molecular complexity index is 540. The number of carbonyl (C=O) groups is 1. The van der Waals surface area contributed by atoms with Crippen molar-refractivity contribution in [2.24, 2.45) is 5.92 Å². The summed E-state index contributed by atoms with van der Waals surface area (Å²) in [4.78, 5) is 19.9. The van der Waals surface area contributed by atoms with E-state index in [0.717, 1.165) is 12.8 Å². The SMILES string of the molecule is O=C(C1CCN(CC(F)(F)F)CC1)N1CCCC(n2cncn2)C1. The van der Waals surface area contributed by atoms with Crippen LogP contribution >= 0.6 is 0 Å². The number of nitrogens with zero attached hydrogens (tertiary/aromatic N) is 5. The van der Waals surface area contributed by atoms with Gasteiger partial charge in [-0.3, -0.25) is 9.69 Å². The minimum Gasteiger partial charge on any atom is -0.340 e. The van der Waals surface area contributed by atoms with Crippen LogP contribution in [0.25, 0.3) is 0 Å². The molecule has 0 aromatic carbocycles. The number of hydrogen-bond acceptors (Lipinski definition) is 4. The zero-order valence-corrected chi connectivity index (χ0v) is 13.5. The number of amides is 1. The van der Waals surface area contributed by atoms with Gasteiger partial charge in [0.1, 0.15) is 12.7 Å². The maximum Gasteiger partial charge on any atom is 0.401 e. The Hall–Kier alpha value is -1.64. The number of rotatable bonds is 3. The molecule has 1 amide bonds. The van der Waals surface area contributed by atoms with Gasteiger partial charge in [0.2, 0.25) is 5.91 Å². The van der Waals surface area contributed by atoms with Crippen molar-refractivity contribution in [3.05, 3.63) is 12.7 Å². The van der Waals surface area contributed by atoms with E-state index in [1.165, 1.54) is 11.2 Å². The van der Waals surface area contributed by atoms with Gasteiger partial charge < -0.3 is 4.90 Å². The van der Waals surface area contributed by atoms with Crippen LogP contribution in [0.3, 0.4) is 0 Å². The van der Waals surface area contributed by atoms with Crippen molar-refractivity contribution < 1.29 is 18.0 Å². The van der Waals surface area contributed by atoms with Crippen molar-refractivity contribution in [2.45, 2.75) is 37.9 Å². The van der Waals surface area contributed by atoms with Crippen LogP contribution in [0.4, 0.5) is 13.2 Å². The number of hydrogen-bond donors (Lipinski definition) is 0. The first-order valence-electron chi connectivity index (χ1n) is 8.34. The zero-order chi connectivity index (χ0) is 17.2. The highest BCUT2D eigenvalue weighted by Gasteiger charge is 2.36. The standard InChI is InChI=1S/C15H22F3N5O/c16-15(17,18)9-21-6-3-12(4-7-21)14(24)22-5-1-2-13(8-22)23-11-19-10-20-23/h10-13H,1-9H2. The second kappa shape index (κ2) is 7.08. The second-order valence-electron chi connectivity index (χ2n) is 6.62. The summed E-state index contributed by atoms with van der Waals surface area (Å²) in [6.45, 7) is 1.09. The minimum absolute atomic E-state index is 0.0754. The van der Waals surface area contributed by atoms with Crippen molar-refractivity contribution in [2.75, 3.05) is 32.7 Å². The smallest absolute Gasteiger partial charge is 0.340 e. The number of halogens is 3. The molecule has 0 radical (unpaired) electrons. The summed E-state index contributed by atoms with van der Waals surface area (Å²) >= 11 is 0. The molecule has 1 aromatic heterocycles. The van der Waals surface area contributed by atoms with E-state index in [2.05, 4.69) is 10.1 Å². The van der Waals surface area contributed by atoms with Crippen LogP contribution in [0.2, 0.25) is 0 Å². The molecule has 1 unspecified atom stereocenters. The van der Waals surface area contributed by atoms with Crippen molar-refractivity contribution in [1.82, 2.24) is 24.6 Å². The number of piperidine rings is 2. The monoisotopic (exact) mass is 345 g/mol. The number of likely N-dealkylation sites (tertiary alicyclic amines) is 2. The van der Waals surface area contributed by atoms with Crippen molar-refractivity contribution in [3.8, 4) is 0 Å². The fourth-order valence-electron chi connectivity index (χ4n) is 3.63. The summed E-state index contributed by atoms with van der Waals surface area (Å²) in [6, 6.07) is 0.135. The lowest BCUT2D eigenvalue weighted by molar-refractivity contribution is -0.151. The van der Waals surface area contributed by atoms with Gasteiger partial charge in [-0.05, 0) is 38.8 Å². The third-order valence-electron chi connectivity index (χ3n) is 4.86. The van der Waals surface area contributed by atoms with Gasteiger partial charge in [0.05, 0.1) is 12.6 Å². The molecule has 2 aliphatic rings. The van der Waals surface area contributed by atoms with E-state index in [9.17, 15) is 18.0 Å². The fourth-order valence-corrected chi connectivity index (χ4v) is 3.63. The van der Waals surface area contributed by atoms with Crippen LogP contribution in [0, 0.1) is 5.92 Å². The molecule has 9 heteroatoms. The highest BCUT2D eigenvalue weighted by Crippen LogP contribution is 2.27. The fraction of sp³-hybridized carbons (Fsp3) is 0.800. The predicted octanol–water partition coefficient (Wildman–Crippen LogP) is 1.72. The first kappa shape index (κ1) is 17.2. The van der Waals surface area contributed by atoms with Gasteiger partial charge in [0.15, 0.2) is 0 Å². The van der Waals surface area contributed by atoms with Crippen LogP contribution in [0.1, 0.15) is 31.7 Å². The number of alkyl halides is 3. The van der Waals surface area contributed by atoms with Gasteiger partial charge >= 0.3 is 6.18 Å². The van der Waals surface area contributed by atoms with Crippen LogP contribution in [0.15, 0.2) is 12.7 Å². The van der Waals surface area contributed by atoms with E-state index in [0.29, 0.717) is 39.0 Å². The molecule has 2 fully saturated rings. The third-order valence-corrected chi connectivity index (χ3v) is 4.86. The molecule has 1 aromatic rings. The molecule has 0 bridgehead atoms. The van der Waals surface area contributed by atoms with E-state index in [-0.39, 0.29) is 17.9 Å². The van der Waals surface area contributed by atoms with Gasteiger partial charge in [0, 0.05) is 19.0 Å². The van der Waals surface area contributed by atoms with E-state index >= 15 is 0 Å². The van der Waals surface area contributed by atoms with Gasteiger partial charge in [-0.25, -0.2) is 9.67 Å². The lowest BCUT2D eigenvalue weighted by Crippen LogP contribution is -2.47. The lowest BCUT2D eigenvalue weighted by atomic mass is 9.94. The van der Waals surface area contributed by atoms with Crippen molar-refractivity contribution >= 4 is 5.91 Å². The average molecular weight is 345 g/mol. The van der Waals surface area contributed by atoms with Crippen molar-refractivity contribution in [3.63, 3.8) is 0 Å². The molecule has 24 heavy (non-hydrogen) atoms. The summed E-state index contributed by atoms with van der Waals surface area (Å²) in [5.41, 5.74) is 0. The van der Waals surface area contributed by atoms with E-state index in [1.807, 2.05) is 4.90 Å². The molecule has 0 N–H and O–H groups in total. The Labute approximate surface area is 138 Å². The Balaban J connectivity index is 1.52. The van der Waals surface area contributed by atoms with Gasteiger partial charge in [0.25, 0.3) is 0 Å². The predicted molar refractivity (Wildman–Crippen MR) is 80.1 cm³/mol. The van der Waals surface area contributed by atoms with Crippen LogP contribution in [0.5, 0.6) is 0 Å². The quantitative estimate of drug-likeness (QED) is 0.837. The molecule has 2 aliphatic heterocycles. The lowest BCUT2D eigenvalue weighted by Gasteiger charge is -2.37. The second-order valence-corrected chi connectivity index (χ2v) is 6.62. The molecule has 0 spiro atoms. The highest BCUT2D eigenvalue weighted by molar-refractivity contribution is 5.79. The Morgan fingerprint density at radius 3 is 2.54 bits per heavy atom. The normalized spacial score (nSPS) is 24.3. The Morgan fingerprint density at radius 2 is 1.92 bits per heavy atom. The van der Waals surface area contributed by atoms with Crippen LogP contribution < -0.4 is 0 Å². The highest BCUT2D eigenvalue weighted by atomic mass is 19.4. The summed E-state index contributed by atoms with van der Waals surface area (Å²) in [5.74, 6) is -0.0875. The van der Waals surface area contributed by atoms with Gasteiger partial charge in [-0.1, -0.05) is 0 Å². The molecule has 3 rings (SSSR count). The molecule has 3 heterocycles. The molecular weight excluding hydrogens is 323 g/mol. The molecule has 0 saturated carbocycles. The van der Waals surface area contributed by atoms with Gasteiger partial charge in [-0.15, -0.1) is 0 Å². The molecular formula is C15H22F3N5O. The molecule has 2 saturated heterocycles. The first-order valence-corrected chi connectivity index (χ1v) is 8.34. The number of carbonyl (C=O) groups excluding carboxylic acids is 1. The summed E-state index contributed by atoms with van der Waals surface area (Å²) in [5, 5.41) is 4.14.